The van der Waals surface area contributed by atoms with E-state index in [1.807, 2.05) is 13.8 Å². The molecule has 17 rings (SSSR count). The number of amides is 6. The second-order valence-electron chi connectivity index (χ2n) is 38.9. The summed E-state index contributed by atoms with van der Waals surface area (Å²) in [5, 5.41) is 126. The van der Waals surface area contributed by atoms with Gasteiger partial charge in [0, 0.05) is 67.7 Å². The van der Waals surface area contributed by atoms with Crippen LogP contribution < -0.4 is 51.8 Å². The maximum absolute atomic E-state index is 17.0. The number of aliphatic hydroxyl groups excluding tert-OH is 6. The molecule has 5 aromatic carbocycles. The number of aromatic hydroxyl groups is 3. The summed E-state index contributed by atoms with van der Waals surface area (Å²) in [5.41, 5.74) is 3.23. The lowest BCUT2D eigenvalue weighted by atomic mass is 9.51. The maximum Gasteiger partial charge on any atom is 0.246 e. The fraction of sp³-hybridized carbons (Fsp3) is 0.598. The van der Waals surface area contributed by atoms with Crippen LogP contribution in [0.15, 0.2) is 72.8 Å². The van der Waals surface area contributed by atoms with Gasteiger partial charge in [-0.05, 0) is 221 Å². The lowest BCUT2D eigenvalue weighted by Gasteiger charge is -2.54. The molecule has 7 fully saturated rings. The third-order valence-electron chi connectivity index (χ3n) is 28.2. The first-order chi connectivity index (χ1) is 63.3. The van der Waals surface area contributed by atoms with E-state index in [1.165, 1.54) is 68.4 Å². The summed E-state index contributed by atoms with van der Waals surface area (Å²) in [6.07, 6.45) is -9.57. The van der Waals surface area contributed by atoms with Crippen LogP contribution in [-0.2, 0) is 73.7 Å². The molecule has 0 radical (unpaired) electrons. The summed E-state index contributed by atoms with van der Waals surface area (Å²) >= 11 is 14.6. The van der Waals surface area contributed by atoms with Gasteiger partial charge in [0.1, 0.15) is 93.3 Å². The largest absolute Gasteiger partial charge is 0.507 e. The van der Waals surface area contributed by atoms with Crippen molar-refractivity contribution in [3.63, 3.8) is 0 Å². The minimum Gasteiger partial charge on any atom is -0.507 e. The van der Waals surface area contributed by atoms with Crippen molar-refractivity contribution in [3.05, 3.63) is 116 Å². The number of nitrogens with two attached hydrogens (primary N) is 1. The standard InChI is InChI=1S/C97H125Cl2N7O26S/c1-7-9-10-11-13-24-133(125,126)25-14-12-23-101-44-63-67(109)42-62-79(86(63)117)61-33-52(17-20-66(61)108)60-41-69(111)80-57-37-73(128-71-21-18-53(34-64(71)98)84(115)82(105-92(121)51(8-2)26-46(3)4)68(110)36-58(93(122)103-80)39-77(114)102-76(113)32-48-15-16-48)89(132-96-90(88(119)87(118)75(45-107)130-96)131-78-43-97(6,100)91(120)47(5)127-78)74(38-57)129-72-22-19-54(35-65(72)99)85(116)83(106-94(60)123)95(124)104-81(62)70(112)40-59-55-28-49-27-50(30-55)31-56(59)29-49/h17-22,33-35,37-38,42,46-51,55-56,58-60,75,78,80-85,87-88,90-91,96,101,107-109,115-120H,7-16,23-32,36,39-41,43-45,100H2,1-6H3,(H,103,122)(H,104,124)(H,105,121)(H,106,123)(H,102,113,114)/t47-,49?,50?,51+,55?,56?,58-,59?,60+,75+,78-,80+,81-,82-,83-,84+,85+,87+,88-,90+,91+,96-,97-/m0/s1. The zero-order chi connectivity index (χ0) is 95.5. The lowest BCUT2D eigenvalue weighted by Crippen LogP contribution is -2.64. The normalized spacial score (nSPS) is 30.1. The molecule has 5 aliphatic carbocycles. The van der Waals surface area contributed by atoms with Crippen LogP contribution >= 0.6 is 23.2 Å². The Bertz CT molecular complexity index is 5260. The molecule has 0 spiro atoms. The first kappa shape index (κ1) is 100.0. The highest BCUT2D eigenvalue weighted by Crippen LogP contribution is 2.59. The molecule has 17 N–H and O–H groups in total. The smallest absolute Gasteiger partial charge is 0.246 e. The Morgan fingerprint density at radius 3 is 1.92 bits per heavy atom. The maximum atomic E-state index is 17.0. The van der Waals surface area contributed by atoms with E-state index in [2.05, 4.69) is 38.8 Å². The van der Waals surface area contributed by atoms with Crippen molar-refractivity contribution < 1.29 is 126 Å². The Hall–Kier alpha value is -8.98. The number of phenolic OH excluding ortho intramolecular Hbond substituents is 3. The SMILES string of the molecule is CCCCCCCS(=O)(=O)CCCCNCc1c(O)cc2c(c1O)-c1cc(ccc1O)[C@H]1CC(=O)[C@@H]3NC(=O)[C@H](CC(=O)NC(=O)CC4CC4)CC(=O)[C@H](NC(=O)[C@H](CC)CC(C)C)[C@H](O)c4ccc(c(Cl)c4)Oc4cc3cc(c4O[C@@H]3O[C@H](CO)[C@@H](O)[C@H](O)[C@H]3O[C@H]3C[C@](C)(N)[C@H](O)[C@H](C)O3)Oc3ccc(cc3Cl)[C@@H](O)[C@H](NC1=O)C(=O)N[C@@H]2C(=O)CC1C2CC3CC(C2)CC1C3. The molecular formula is C97H125Cl2N7O26S. The van der Waals surface area contributed by atoms with Crippen LogP contribution in [0.1, 0.15) is 246 Å². The van der Waals surface area contributed by atoms with E-state index in [0.29, 0.717) is 43.9 Å². The highest BCUT2D eigenvalue weighted by Gasteiger charge is 2.54. The van der Waals surface area contributed by atoms with Gasteiger partial charge in [-0.2, -0.15) is 0 Å². The van der Waals surface area contributed by atoms with Gasteiger partial charge in [-0.3, -0.25) is 48.5 Å². The van der Waals surface area contributed by atoms with Crippen LogP contribution in [-0.4, -0.2) is 199 Å². The highest BCUT2D eigenvalue weighted by atomic mass is 35.5. The number of benzene rings is 5. The number of halogens is 2. The summed E-state index contributed by atoms with van der Waals surface area (Å²) < 4.78 is 65.7. The molecule has 6 amide bonds. The minimum atomic E-state index is -3.39. The summed E-state index contributed by atoms with van der Waals surface area (Å²) in [5.74, 6) is -17.2. The van der Waals surface area contributed by atoms with E-state index < -0.39 is 232 Å². The van der Waals surface area contributed by atoms with Crippen molar-refractivity contribution in [1.29, 1.82) is 0 Å². The van der Waals surface area contributed by atoms with Gasteiger partial charge in [0.25, 0.3) is 0 Å². The summed E-state index contributed by atoms with van der Waals surface area (Å²) in [6, 6.07) is 6.17. The van der Waals surface area contributed by atoms with Crippen molar-refractivity contribution in [2.24, 2.45) is 59.0 Å². The molecule has 5 saturated carbocycles. The number of phenols is 3. The van der Waals surface area contributed by atoms with Crippen LogP contribution in [0.4, 0.5) is 0 Å². The van der Waals surface area contributed by atoms with Crippen molar-refractivity contribution in [2.75, 3.05) is 24.7 Å². The van der Waals surface area contributed by atoms with E-state index >= 15 is 28.8 Å². The zero-order valence-corrected chi connectivity index (χ0v) is 77.9. The highest BCUT2D eigenvalue weighted by molar-refractivity contribution is 7.91. The van der Waals surface area contributed by atoms with Crippen molar-refractivity contribution in [2.45, 2.75) is 286 Å². The Kier molecular flexibility index (Phi) is 32.1. The Morgan fingerprint density at radius 2 is 1.31 bits per heavy atom. The number of ketones is 3. The van der Waals surface area contributed by atoms with Crippen LogP contribution in [0.3, 0.4) is 0 Å². The number of sulfone groups is 1. The molecule has 5 aromatic rings. The van der Waals surface area contributed by atoms with Gasteiger partial charge in [0.2, 0.25) is 47.5 Å². The number of hydrogen-bond acceptors (Lipinski definition) is 28. The van der Waals surface area contributed by atoms with E-state index in [-0.39, 0.29) is 152 Å². The molecule has 133 heavy (non-hydrogen) atoms. The van der Waals surface area contributed by atoms with Gasteiger partial charge in [0.05, 0.1) is 57.8 Å². The minimum absolute atomic E-state index is 0.0426. The van der Waals surface area contributed by atoms with E-state index in [0.717, 1.165) is 76.0 Å². The molecule has 36 heteroatoms. The molecule has 0 unspecified atom stereocenters. The van der Waals surface area contributed by atoms with Crippen molar-refractivity contribution >= 4 is 85.8 Å². The van der Waals surface area contributed by atoms with E-state index in [4.69, 9.17) is 57.4 Å². The molecule has 724 valence electrons. The van der Waals surface area contributed by atoms with Gasteiger partial charge in [-0.25, -0.2) is 8.42 Å². The topological polar surface area (TPSA) is 523 Å². The predicted octanol–water partition coefficient (Wildman–Crippen LogP) is 9.68. The number of carbonyl (C=O) groups is 9. The first-order valence-electron chi connectivity index (χ1n) is 46.8. The number of carbonyl (C=O) groups excluding carboxylic acids is 9. The second kappa shape index (κ2) is 42.7. The Morgan fingerprint density at radius 1 is 0.677 bits per heavy atom. The average Bonchev–Trinajstić information content (AvgIpc) is 1.73. The average molecular weight is 1910 g/mol. The molecule has 33 nitrogen and oxygen atoms in total. The lowest BCUT2D eigenvalue weighted by molar-refractivity contribution is -0.333. The molecule has 12 aliphatic rings. The number of hydrogen-bond donors (Lipinski definition) is 16. The summed E-state index contributed by atoms with van der Waals surface area (Å²) in [7, 11) is -3.39. The van der Waals surface area contributed by atoms with Crippen LogP contribution in [0.25, 0.3) is 11.1 Å². The molecule has 15 bridgehead atoms. The van der Waals surface area contributed by atoms with Gasteiger partial charge < -0.3 is 107 Å². The number of ether oxygens (including phenoxy) is 6. The third-order valence-corrected chi connectivity index (χ3v) is 30.6. The number of fused-ring (bicyclic) bond motifs is 15. The number of unbranched alkanes of at least 4 members (excludes halogenated alkanes) is 5. The van der Waals surface area contributed by atoms with Crippen LogP contribution in [0.5, 0.6) is 46.0 Å². The first-order valence-corrected chi connectivity index (χ1v) is 49.4. The Balaban J connectivity index is 0.951. The number of nitrogens with one attached hydrogen (secondary N) is 6. The van der Waals surface area contributed by atoms with Gasteiger partial charge in [0.15, 0.2) is 41.2 Å². The number of Topliss-reactive ketones (excluding diaryl/α,β-unsaturated/α-hetero) is 3. The fourth-order valence-corrected chi connectivity index (χ4v) is 22.8. The second-order valence-corrected chi connectivity index (χ2v) is 42.0. The fourth-order valence-electron chi connectivity index (χ4n) is 20.9. The van der Waals surface area contributed by atoms with E-state index in [1.54, 1.807) is 6.92 Å². The van der Waals surface area contributed by atoms with Crippen molar-refractivity contribution in [3.8, 4) is 57.1 Å². The van der Waals surface area contributed by atoms with Gasteiger partial charge in [-0.1, -0.05) is 94.8 Å². The number of aliphatic hydroxyl groups is 6. The summed E-state index contributed by atoms with van der Waals surface area (Å²) in [6.45, 7) is 9.52. The molecule has 18 atom stereocenters. The van der Waals surface area contributed by atoms with E-state index in [9.17, 15) is 68.8 Å². The molecule has 7 aliphatic heterocycles. The Labute approximate surface area is 782 Å². The van der Waals surface area contributed by atoms with Crippen molar-refractivity contribution in [1.82, 2.24) is 31.9 Å². The quantitative estimate of drug-likeness (QED) is 0.0190. The molecule has 7 heterocycles. The predicted molar refractivity (Wildman–Crippen MR) is 485 cm³/mol. The molecule has 0 aromatic heterocycles. The van der Waals surface area contributed by atoms with Crippen LogP contribution in [0.2, 0.25) is 10.0 Å². The van der Waals surface area contributed by atoms with Gasteiger partial charge in [-0.15, -0.1) is 0 Å². The molecule has 2 saturated heterocycles. The molecular weight excluding hydrogens is 1780 g/mol. The monoisotopic (exact) mass is 1910 g/mol. The van der Waals surface area contributed by atoms with Crippen LogP contribution in [0, 0.1) is 53.3 Å². The summed E-state index contributed by atoms with van der Waals surface area (Å²) in [4.78, 5) is 140. The van der Waals surface area contributed by atoms with Gasteiger partial charge >= 0.3 is 0 Å². The number of imide groups is 1. The third kappa shape index (κ3) is 23.3. The zero-order valence-electron chi connectivity index (χ0n) is 75.6. The number of rotatable bonds is 30.